The highest BCUT2D eigenvalue weighted by molar-refractivity contribution is 5.77. The second kappa shape index (κ2) is 12.4. The van der Waals surface area contributed by atoms with Crippen molar-refractivity contribution >= 4 is 23.0 Å². The van der Waals surface area contributed by atoms with E-state index >= 15 is 0 Å². The first kappa shape index (κ1) is 31.2. The Bertz CT molecular complexity index is 1170. The van der Waals surface area contributed by atoms with Crippen LogP contribution in [0.4, 0.5) is 30.2 Å². The molecule has 0 radical (unpaired) electrons. The Morgan fingerprint density at radius 3 is 2.25 bits per heavy atom. The Morgan fingerprint density at radius 2 is 1.68 bits per heavy atom. The number of nitro benzene ring substituents is 1. The molecule has 0 aromatic heterocycles. The quantitative estimate of drug-likeness (QED) is 0.340. The highest BCUT2D eigenvalue weighted by atomic mass is 19.4. The maximum Gasteiger partial charge on any atom is 0.423 e. The Hall–Kier alpha value is -3.34. The number of rotatable bonds is 7. The van der Waals surface area contributed by atoms with Gasteiger partial charge in [0.05, 0.1) is 4.92 Å². The number of halogens is 3. The molecule has 2 aliphatic heterocycles. The largest absolute Gasteiger partial charge is 0.423 e. The number of hydrogen-bond donors (Lipinski definition) is 1. The fourth-order valence-corrected chi connectivity index (χ4v) is 5.17. The monoisotopic (exact) mass is 563 g/mol. The molecular formula is C29H40F3N5O3. The van der Waals surface area contributed by atoms with Gasteiger partial charge in [0.15, 0.2) is 0 Å². The molecule has 1 N–H and O–H groups in total. The van der Waals surface area contributed by atoms with Gasteiger partial charge in [-0.3, -0.25) is 19.8 Å². The van der Waals surface area contributed by atoms with Gasteiger partial charge in [-0.1, -0.05) is 40.3 Å². The number of carbonyl (C=O) groups is 1. The summed E-state index contributed by atoms with van der Waals surface area (Å²) < 4.78 is 39.8. The Labute approximate surface area is 234 Å². The summed E-state index contributed by atoms with van der Waals surface area (Å²) in [6.07, 6.45) is -3.85. The Balaban J connectivity index is 0.00000441. The third-order valence-electron chi connectivity index (χ3n) is 7.52. The predicted octanol–water partition coefficient (Wildman–Crippen LogP) is 5.77. The second-order valence-electron chi connectivity index (χ2n) is 11.3. The number of nitrogens with one attached hydrogen (secondary N) is 1. The fraction of sp³-hybridized carbons (Fsp3) is 0.552. The topological polar surface area (TPSA) is 82.0 Å². The molecule has 11 heteroatoms. The molecule has 0 unspecified atom stereocenters. The molecular weight excluding hydrogens is 523 g/mol. The summed E-state index contributed by atoms with van der Waals surface area (Å²) in [7, 11) is 0. The predicted molar refractivity (Wildman–Crippen MR) is 152 cm³/mol. The summed E-state index contributed by atoms with van der Waals surface area (Å²) in [6.45, 7) is 11.7. The van der Waals surface area contributed by atoms with Gasteiger partial charge in [-0.15, -0.1) is 0 Å². The van der Waals surface area contributed by atoms with Gasteiger partial charge in [-0.2, -0.15) is 13.2 Å². The van der Waals surface area contributed by atoms with E-state index in [0.717, 1.165) is 38.3 Å². The van der Waals surface area contributed by atoms with Gasteiger partial charge >= 0.3 is 6.18 Å². The van der Waals surface area contributed by atoms with Crippen molar-refractivity contribution in [2.24, 2.45) is 0 Å². The van der Waals surface area contributed by atoms with Crippen molar-refractivity contribution in [3.8, 4) is 0 Å². The van der Waals surface area contributed by atoms with Gasteiger partial charge in [0, 0.05) is 75.7 Å². The van der Waals surface area contributed by atoms with E-state index in [1.807, 2.05) is 0 Å². The molecule has 2 heterocycles. The zero-order valence-corrected chi connectivity index (χ0v) is 22.6. The second-order valence-corrected chi connectivity index (χ2v) is 11.3. The first-order chi connectivity index (χ1) is 18.3. The van der Waals surface area contributed by atoms with Gasteiger partial charge < -0.3 is 15.1 Å². The van der Waals surface area contributed by atoms with Crippen LogP contribution in [0.25, 0.3) is 0 Å². The van der Waals surface area contributed by atoms with Crippen LogP contribution in [0.1, 0.15) is 52.2 Å². The van der Waals surface area contributed by atoms with Crippen LogP contribution in [0.5, 0.6) is 0 Å². The zero-order chi connectivity index (χ0) is 28.4. The van der Waals surface area contributed by atoms with Crippen LogP contribution in [0.2, 0.25) is 0 Å². The summed E-state index contributed by atoms with van der Waals surface area (Å²) >= 11 is 0. The van der Waals surface area contributed by atoms with Crippen LogP contribution in [0, 0.1) is 10.1 Å². The molecule has 2 aromatic carbocycles. The number of nitro groups is 1. The maximum absolute atomic E-state index is 13.3. The summed E-state index contributed by atoms with van der Waals surface area (Å²) in [4.78, 5) is 29.2. The first-order valence-corrected chi connectivity index (χ1v) is 13.3. The van der Waals surface area contributed by atoms with E-state index in [1.54, 1.807) is 4.90 Å². The number of alkyl halides is 3. The fourth-order valence-electron chi connectivity index (χ4n) is 5.17. The van der Waals surface area contributed by atoms with E-state index in [9.17, 15) is 28.1 Å². The van der Waals surface area contributed by atoms with Crippen molar-refractivity contribution in [3.63, 3.8) is 0 Å². The van der Waals surface area contributed by atoms with Crippen LogP contribution in [-0.2, 0) is 16.4 Å². The van der Waals surface area contributed by atoms with Crippen molar-refractivity contribution < 1.29 is 22.9 Å². The van der Waals surface area contributed by atoms with Crippen molar-refractivity contribution in [1.29, 1.82) is 0 Å². The molecule has 0 aliphatic carbocycles. The standard InChI is InChI=1S/C28H36F3N5O3.CH4/c1-27(2,3)20-4-7-23(8-5-20)34-16-14-33(15-17-34)12-11-26(37)35-13-10-22(19-35)32-21-6-9-25(36(38)39)24(18-21)28(29,30)31;/h4-9,18,22,32H,10-17,19H2,1-3H3;1H4/t22-;/m1./s1. The average Bonchev–Trinajstić information content (AvgIpc) is 3.35. The summed E-state index contributed by atoms with van der Waals surface area (Å²) in [6, 6.07) is 11.4. The van der Waals surface area contributed by atoms with E-state index in [0.29, 0.717) is 32.5 Å². The van der Waals surface area contributed by atoms with Crippen LogP contribution in [0.15, 0.2) is 42.5 Å². The maximum atomic E-state index is 13.3. The number of benzene rings is 2. The molecule has 40 heavy (non-hydrogen) atoms. The molecule has 1 atom stereocenters. The first-order valence-electron chi connectivity index (χ1n) is 13.3. The molecule has 2 aliphatic rings. The third-order valence-corrected chi connectivity index (χ3v) is 7.52. The van der Waals surface area contributed by atoms with Gasteiger partial charge in [0.1, 0.15) is 5.56 Å². The Kier molecular flexibility index (Phi) is 9.71. The summed E-state index contributed by atoms with van der Waals surface area (Å²) in [5.74, 6) is 0.0270. The van der Waals surface area contributed by atoms with E-state index in [4.69, 9.17) is 0 Å². The average molecular weight is 564 g/mol. The third kappa shape index (κ3) is 7.65. The number of nitrogens with zero attached hydrogens (tertiary/aromatic N) is 4. The molecule has 8 nitrogen and oxygen atoms in total. The van der Waals surface area contributed by atoms with Crippen molar-refractivity contribution in [3.05, 3.63) is 63.7 Å². The van der Waals surface area contributed by atoms with E-state index in [-0.39, 0.29) is 30.5 Å². The minimum absolute atomic E-state index is 0. The van der Waals surface area contributed by atoms with Crippen LogP contribution in [-0.4, -0.2) is 72.5 Å². The molecule has 2 aromatic rings. The molecule has 4 rings (SSSR count). The number of hydrogen-bond acceptors (Lipinski definition) is 6. The van der Waals surface area contributed by atoms with Crippen molar-refractivity contribution in [2.45, 2.75) is 58.7 Å². The molecule has 2 fully saturated rings. The lowest BCUT2D eigenvalue weighted by Crippen LogP contribution is -2.47. The lowest BCUT2D eigenvalue weighted by Gasteiger charge is -2.36. The molecule has 0 spiro atoms. The highest BCUT2D eigenvalue weighted by Crippen LogP contribution is 2.38. The smallest absolute Gasteiger partial charge is 0.380 e. The van der Waals surface area contributed by atoms with Gasteiger partial charge in [-0.05, 0) is 41.7 Å². The van der Waals surface area contributed by atoms with Gasteiger partial charge in [-0.25, -0.2) is 0 Å². The zero-order valence-electron chi connectivity index (χ0n) is 22.6. The van der Waals surface area contributed by atoms with E-state index in [2.05, 4.69) is 60.2 Å². The molecule has 0 bridgehead atoms. The number of anilines is 2. The summed E-state index contributed by atoms with van der Waals surface area (Å²) in [5, 5.41) is 14.0. The number of carbonyl (C=O) groups excluding carboxylic acids is 1. The van der Waals surface area contributed by atoms with Crippen LogP contribution in [0.3, 0.4) is 0 Å². The van der Waals surface area contributed by atoms with E-state index < -0.39 is 22.4 Å². The van der Waals surface area contributed by atoms with Crippen molar-refractivity contribution in [1.82, 2.24) is 9.80 Å². The molecule has 0 saturated carbocycles. The van der Waals surface area contributed by atoms with Crippen LogP contribution >= 0.6 is 0 Å². The number of amides is 1. The van der Waals surface area contributed by atoms with Gasteiger partial charge in [0.2, 0.25) is 5.91 Å². The SMILES string of the molecule is C.CC(C)(C)c1ccc(N2CCN(CCC(=O)N3CC[C@@H](Nc4ccc([N+](=O)[O-])c(C(F)(F)F)c4)C3)CC2)cc1. The molecule has 220 valence electrons. The lowest BCUT2D eigenvalue weighted by atomic mass is 9.87. The summed E-state index contributed by atoms with van der Waals surface area (Å²) in [5.41, 5.74) is 0.529. The lowest BCUT2D eigenvalue weighted by molar-refractivity contribution is -0.388. The van der Waals surface area contributed by atoms with Crippen LogP contribution < -0.4 is 10.2 Å². The molecule has 2 saturated heterocycles. The van der Waals surface area contributed by atoms with Gasteiger partial charge in [0.25, 0.3) is 5.69 Å². The minimum Gasteiger partial charge on any atom is -0.380 e. The number of piperazine rings is 1. The number of likely N-dealkylation sites (tertiary alicyclic amines) is 1. The highest BCUT2D eigenvalue weighted by Gasteiger charge is 2.38. The Morgan fingerprint density at radius 1 is 1.02 bits per heavy atom. The van der Waals surface area contributed by atoms with Crippen molar-refractivity contribution in [2.75, 3.05) is 56.0 Å². The molecule has 1 amide bonds. The van der Waals surface area contributed by atoms with E-state index in [1.165, 1.54) is 17.3 Å². The minimum atomic E-state index is -4.83. The normalized spacial score (nSPS) is 18.4.